The average Bonchev–Trinajstić information content (AvgIpc) is 2.92. The zero-order valence-corrected chi connectivity index (χ0v) is 16.4. The van der Waals surface area contributed by atoms with Crippen LogP contribution in [0.3, 0.4) is 0 Å². The highest BCUT2D eigenvalue weighted by Crippen LogP contribution is 2.28. The summed E-state index contributed by atoms with van der Waals surface area (Å²) in [7, 11) is -3.79. The van der Waals surface area contributed by atoms with Gasteiger partial charge in [-0.3, -0.25) is 0 Å². The van der Waals surface area contributed by atoms with E-state index in [2.05, 4.69) is 20.7 Å². The van der Waals surface area contributed by atoms with E-state index in [1.165, 1.54) is 18.2 Å². The molecule has 1 heterocycles. The summed E-state index contributed by atoms with van der Waals surface area (Å²) in [6.07, 6.45) is 0. The quantitative estimate of drug-likeness (QED) is 0.621. The lowest BCUT2D eigenvalue weighted by atomic mass is 10.1. The van der Waals surface area contributed by atoms with E-state index in [4.69, 9.17) is 9.52 Å². The van der Waals surface area contributed by atoms with Crippen molar-refractivity contribution in [3.63, 3.8) is 0 Å². The third-order valence-electron chi connectivity index (χ3n) is 4.11. The molecule has 0 aliphatic carbocycles. The van der Waals surface area contributed by atoms with Crippen LogP contribution in [0.5, 0.6) is 0 Å². The van der Waals surface area contributed by atoms with Crippen molar-refractivity contribution in [3.8, 4) is 0 Å². The second-order valence-corrected chi connectivity index (χ2v) is 8.54. The number of rotatable bonds is 5. The molecule has 0 amide bonds. The predicted molar refractivity (Wildman–Crippen MR) is 101 cm³/mol. The first kappa shape index (κ1) is 18.6. The number of aromatic carboxylic acids is 1. The molecule has 0 radical (unpaired) electrons. The maximum Gasteiger partial charge on any atom is 0.372 e. The fourth-order valence-corrected chi connectivity index (χ4v) is 4.21. The lowest BCUT2D eigenvalue weighted by Crippen LogP contribution is -2.26. The van der Waals surface area contributed by atoms with Crippen LogP contribution in [0, 0.1) is 6.92 Å². The van der Waals surface area contributed by atoms with Gasteiger partial charge in [-0.25, -0.2) is 17.9 Å². The Balaban J connectivity index is 1.94. The minimum atomic E-state index is -3.79. The van der Waals surface area contributed by atoms with Crippen LogP contribution in [0.15, 0.2) is 56.2 Å². The number of hydrogen-bond acceptors (Lipinski definition) is 4. The van der Waals surface area contributed by atoms with Crippen LogP contribution < -0.4 is 4.72 Å². The Hall–Kier alpha value is -2.16. The third-order valence-corrected chi connectivity index (χ3v) is 6.18. The van der Waals surface area contributed by atoms with Crippen molar-refractivity contribution in [1.29, 1.82) is 0 Å². The van der Waals surface area contributed by atoms with Crippen LogP contribution in [-0.2, 0) is 10.0 Å². The van der Waals surface area contributed by atoms with E-state index in [0.29, 0.717) is 16.5 Å². The minimum Gasteiger partial charge on any atom is -0.475 e. The van der Waals surface area contributed by atoms with E-state index in [-0.39, 0.29) is 10.7 Å². The number of carboxylic acid groups (broad SMARTS) is 1. The standard InChI is InChI=1S/C18H16BrNO5S/c1-10-15-9-14(7-8-16(15)25-17(10)18(21)22)26(23,24)20-11(2)12-3-5-13(19)6-4-12/h3-9,11,20H,1-2H3,(H,21,22). The first-order chi connectivity index (χ1) is 12.2. The summed E-state index contributed by atoms with van der Waals surface area (Å²) in [5.41, 5.74) is 1.55. The van der Waals surface area contributed by atoms with E-state index in [9.17, 15) is 13.2 Å². The molecule has 6 nitrogen and oxygen atoms in total. The molecular formula is C18H16BrNO5S. The molecule has 1 atom stereocenters. The number of furan rings is 1. The second-order valence-electron chi connectivity index (χ2n) is 5.91. The smallest absolute Gasteiger partial charge is 0.372 e. The molecule has 3 aromatic rings. The SMILES string of the molecule is Cc1c(C(=O)O)oc2ccc(S(=O)(=O)NC(C)c3ccc(Br)cc3)cc12. The summed E-state index contributed by atoms with van der Waals surface area (Å²) < 4.78 is 34.2. The molecule has 0 spiro atoms. The molecular weight excluding hydrogens is 422 g/mol. The van der Waals surface area contributed by atoms with Gasteiger partial charge in [0.05, 0.1) is 4.90 Å². The predicted octanol–water partition coefficient (Wildman–Crippen LogP) is 4.24. The molecule has 0 aliphatic heterocycles. The maximum absolute atomic E-state index is 12.7. The largest absolute Gasteiger partial charge is 0.475 e. The highest BCUT2D eigenvalue weighted by Gasteiger charge is 2.22. The summed E-state index contributed by atoms with van der Waals surface area (Å²) in [5.74, 6) is -1.38. The van der Waals surface area contributed by atoms with Gasteiger partial charge in [0, 0.05) is 21.5 Å². The average molecular weight is 438 g/mol. The first-order valence-corrected chi connectivity index (χ1v) is 10.0. The van der Waals surface area contributed by atoms with Gasteiger partial charge >= 0.3 is 5.97 Å². The molecule has 0 fully saturated rings. The molecule has 3 rings (SSSR count). The number of carbonyl (C=O) groups is 1. The number of hydrogen-bond donors (Lipinski definition) is 2. The van der Waals surface area contributed by atoms with Crippen molar-refractivity contribution < 1.29 is 22.7 Å². The van der Waals surface area contributed by atoms with Crippen LogP contribution in [0.25, 0.3) is 11.0 Å². The van der Waals surface area contributed by atoms with Crippen LogP contribution in [0.1, 0.15) is 34.6 Å². The Morgan fingerprint density at radius 2 is 1.85 bits per heavy atom. The summed E-state index contributed by atoms with van der Waals surface area (Å²) >= 11 is 3.35. The van der Waals surface area contributed by atoms with Crippen LogP contribution >= 0.6 is 15.9 Å². The van der Waals surface area contributed by atoms with Gasteiger partial charge in [-0.15, -0.1) is 0 Å². The zero-order chi connectivity index (χ0) is 19.1. The monoisotopic (exact) mass is 437 g/mol. The van der Waals surface area contributed by atoms with E-state index < -0.39 is 22.0 Å². The third kappa shape index (κ3) is 3.53. The lowest BCUT2D eigenvalue weighted by molar-refractivity contribution is 0.0664. The summed E-state index contributed by atoms with van der Waals surface area (Å²) in [6, 6.07) is 11.2. The van der Waals surface area contributed by atoms with Gasteiger partial charge in [0.25, 0.3) is 0 Å². The number of sulfonamides is 1. The van der Waals surface area contributed by atoms with Gasteiger partial charge in [0.2, 0.25) is 15.8 Å². The van der Waals surface area contributed by atoms with Crippen molar-refractivity contribution in [2.24, 2.45) is 0 Å². The zero-order valence-electron chi connectivity index (χ0n) is 14.0. The van der Waals surface area contributed by atoms with Crippen molar-refractivity contribution in [2.45, 2.75) is 24.8 Å². The van der Waals surface area contributed by atoms with Crippen molar-refractivity contribution >= 4 is 42.9 Å². The highest BCUT2D eigenvalue weighted by molar-refractivity contribution is 9.10. The van der Waals surface area contributed by atoms with Crippen molar-refractivity contribution in [1.82, 2.24) is 4.72 Å². The number of nitrogens with one attached hydrogen (secondary N) is 1. The Bertz CT molecular complexity index is 1090. The van der Waals surface area contributed by atoms with E-state index in [0.717, 1.165) is 10.0 Å². The molecule has 2 N–H and O–H groups in total. The molecule has 0 bridgehead atoms. The number of carboxylic acids is 1. The molecule has 1 unspecified atom stereocenters. The van der Waals surface area contributed by atoms with E-state index in [1.54, 1.807) is 13.8 Å². The van der Waals surface area contributed by atoms with Crippen LogP contribution in [0.4, 0.5) is 0 Å². The Kier molecular flexibility index (Phi) is 4.92. The van der Waals surface area contributed by atoms with Crippen LogP contribution in [0.2, 0.25) is 0 Å². The summed E-state index contributed by atoms with van der Waals surface area (Å²) in [6.45, 7) is 3.34. The van der Waals surface area contributed by atoms with Gasteiger partial charge in [0.15, 0.2) is 0 Å². The molecule has 26 heavy (non-hydrogen) atoms. The summed E-state index contributed by atoms with van der Waals surface area (Å²) in [4.78, 5) is 11.2. The van der Waals surface area contributed by atoms with Gasteiger partial charge in [-0.1, -0.05) is 28.1 Å². The number of halogens is 1. The van der Waals surface area contributed by atoms with Gasteiger partial charge in [-0.05, 0) is 49.7 Å². The van der Waals surface area contributed by atoms with Gasteiger partial charge in [0.1, 0.15) is 5.58 Å². The normalized spacial score (nSPS) is 13.0. The topological polar surface area (TPSA) is 96.6 Å². The first-order valence-electron chi connectivity index (χ1n) is 7.73. The Morgan fingerprint density at radius 1 is 1.19 bits per heavy atom. The molecule has 2 aromatic carbocycles. The molecule has 0 saturated heterocycles. The Morgan fingerprint density at radius 3 is 2.46 bits per heavy atom. The summed E-state index contributed by atoms with van der Waals surface area (Å²) in [5, 5.41) is 9.59. The van der Waals surface area contributed by atoms with E-state index in [1.807, 2.05) is 24.3 Å². The number of benzene rings is 2. The van der Waals surface area contributed by atoms with Crippen molar-refractivity contribution in [3.05, 3.63) is 63.8 Å². The molecule has 0 aliphatic rings. The molecule has 136 valence electrons. The minimum absolute atomic E-state index is 0.0507. The maximum atomic E-state index is 12.7. The fourth-order valence-electron chi connectivity index (χ4n) is 2.69. The Labute approximate surface area is 159 Å². The number of aryl methyl sites for hydroxylation is 1. The second kappa shape index (κ2) is 6.86. The fraction of sp³-hybridized carbons (Fsp3) is 0.167. The molecule has 0 saturated carbocycles. The molecule has 8 heteroatoms. The van der Waals surface area contributed by atoms with E-state index >= 15 is 0 Å². The van der Waals surface area contributed by atoms with Gasteiger partial charge in [-0.2, -0.15) is 0 Å². The van der Waals surface area contributed by atoms with Crippen LogP contribution in [-0.4, -0.2) is 19.5 Å². The van der Waals surface area contributed by atoms with Gasteiger partial charge < -0.3 is 9.52 Å². The molecule has 1 aromatic heterocycles. The number of fused-ring (bicyclic) bond motifs is 1. The highest BCUT2D eigenvalue weighted by atomic mass is 79.9. The lowest BCUT2D eigenvalue weighted by Gasteiger charge is -2.15. The van der Waals surface area contributed by atoms with Crippen molar-refractivity contribution in [2.75, 3.05) is 0 Å².